The van der Waals surface area contributed by atoms with E-state index in [1.807, 2.05) is 0 Å². The van der Waals surface area contributed by atoms with Gasteiger partial charge in [0.05, 0.1) is 37.0 Å². The van der Waals surface area contributed by atoms with Crippen molar-refractivity contribution in [1.82, 2.24) is 16.0 Å². The van der Waals surface area contributed by atoms with E-state index in [1.54, 1.807) is 25.6 Å². The van der Waals surface area contributed by atoms with Gasteiger partial charge in [-0.05, 0) is 31.4 Å². The number of hydrogen-bond acceptors (Lipinski definition) is 19. The van der Waals surface area contributed by atoms with E-state index in [0.29, 0.717) is 18.7 Å². The number of aliphatic hydroxyl groups excluding tert-OH is 8. The number of aliphatic hydroxyl groups is 8. The second-order valence-electron chi connectivity index (χ2n) is 16.3. The number of nitrogens with one attached hydrogen (secondary N) is 3. The van der Waals surface area contributed by atoms with Gasteiger partial charge in [-0.3, -0.25) is 14.4 Å². The Hall–Kier alpha value is -1.84. The Labute approximate surface area is 343 Å². The van der Waals surface area contributed by atoms with Crippen LogP contribution in [0.4, 0.5) is 0 Å². The topological polar surface area (TPSA) is 381 Å². The summed E-state index contributed by atoms with van der Waals surface area (Å²) in [6, 6.07) is -4.00. The molecule has 0 aromatic heterocycles. The summed E-state index contributed by atoms with van der Waals surface area (Å²) in [5.41, 5.74) is 23.7. The minimum absolute atomic E-state index is 0.0453. The van der Waals surface area contributed by atoms with Crippen LogP contribution in [0.3, 0.4) is 0 Å². The summed E-state index contributed by atoms with van der Waals surface area (Å²) in [7, 11) is 0. The van der Waals surface area contributed by atoms with Crippen molar-refractivity contribution in [3.63, 3.8) is 0 Å². The Kier molecular flexibility index (Phi) is 20.9. The maximum absolute atomic E-state index is 12.6. The van der Waals surface area contributed by atoms with Crippen molar-refractivity contribution in [2.24, 2.45) is 34.3 Å². The standard InChI is InChI=1S/C36H69N7O14S/c1-36(2,16-45)33(53)34(54)42-8-7-23(47)41-9-11-58-10-5-3-4-6-22(46)43-14-21-28(50)29(51)25(40)35(56-21)57-32-19(38)13-18(37)31(30(32)52)55-20-12-17(15-44)26(48)24(39)27(20)49/h17-21,24-33,35,44-45,48-53H,3-16,37-40H2,1-2H3,(H,41,47)(H,42,54)(H,43,46)/t17-,18-,19+,20?,21-,24+,25-,26-,27+,28-,29-,30-,31+,32?,33+,35-/m1/s1. The molecule has 0 spiro atoms. The Balaban J connectivity index is 1.35. The average molecular weight is 856 g/mol. The average Bonchev–Trinajstić information content (AvgIpc) is 3.19. The summed E-state index contributed by atoms with van der Waals surface area (Å²) in [6.45, 7) is 2.68. The van der Waals surface area contributed by atoms with E-state index in [-0.39, 0.29) is 57.2 Å². The molecule has 0 aromatic rings. The molecule has 16 atom stereocenters. The second kappa shape index (κ2) is 24.0. The largest absolute Gasteiger partial charge is 0.396 e. The molecule has 2 saturated carbocycles. The first kappa shape index (κ1) is 50.5. The molecule has 2 unspecified atom stereocenters. The number of rotatable bonds is 22. The molecular weight excluding hydrogens is 786 g/mol. The summed E-state index contributed by atoms with van der Waals surface area (Å²) >= 11 is 1.64. The zero-order valence-corrected chi connectivity index (χ0v) is 34.2. The van der Waals surface area contributed by atoms with E-state index in [9.17, 15) is 55.2 Å². The molecule has 3 aliphatic rings. The summed E-state index contributed by atoms with van der Waals surface area (Å²) in [4.78, 5) is 36.6. The first-order valence-corrected chi connectivity index (χ1v) is 21.2. The van der Waals surface area contributed by atoms with Gasteiger partial charge in [0, 0.05) is 68.3 Å². The van der Waals surface area contributed by atoms with Crippen molar-refractivity contribution in [3.8, 4) is 0 Å². The predicted octanol–water partition coefficient (Wildman–Crippen LogP) is -6.21. The monoisotopic (exact) mass is 855 g/mol. The van der Waals surface area contributed by atoms with E-state index >= 15 is 0 Å². The molecule has 21 nitrogen and oxygen atoms in total. The third kappa shape index (κ3) is 14.1. The van der Waals surface area contributed by atoms with Gasteiger partial charge >= 0.3 is 0 Å². The van der Waals surface area contributed by atoms with Crippen LogP contribution in [0.15, 0.2) is 0 Å². The number of unbranched alkanes of at least 4 members (excludes halogenated alkanes) is 2. The van der Waals surface area contributed by atoms with E-state index in [4.69, 9.17) is 37.1 Å². The number of carbonyl (C=O) groups is 3. The molecule has 3 rings (SSSR count). The van der Waals surface area contributed by atoms with Crippen molar-refractivity contribution in [2.45, 2.75) is 150 Å². The molecule has 1 aliphatic heterocycles. The maximum atomic E-state index is 12.6. The number of amides is 3. The minimum Gasteiger partial charge on any atom is -0.396 e. The normalized spacial score (nSPS) is 36.2. The highest BCUT2D eigenvalue weighted by Crippen LogP contribution is 2.33. The van der Waals surface area contributed by atoms with Crippen molar-refractivity contribution < 1.29 is 69.4 Å². The lowest BCUT2D eigenvalue weighted by Gasteiger charge is -2.48. The highest BCUT2D eigenvalue weighted by atomic mass is 32.2. The molecule has 58 heavy (non-hydrogen) atoms. The van der Waals surface area contributed by atoms with Gasteiger partial charge in [-0.1, -0.05) is 20.3 Å². The fourth-order valence-electron chi connectivity index (χ4n) is 7.16. The van der Waals surface area contributed by atoms with E-state index in [0.717, 1.165) is 18.6 Å². The lowest BCUT2D eigenvalue weighted by Crippen LogP contribution is -2.68. The first-order chi connectivity index (χ1) is 27.3. The quantitative estimate of drug-likeness (QED) is 0.0450. The zero-order valence-electron chi connectivity index (χ0n) is 33.4. The molecule has 0 radical (unpaired) electrons. The van der Waals surface area contributed by atoms with E-state index < -0.39 is 115 Å². The maximum Gasteiger partial charge on any atom is 0.249 e. The zero-order chi connectivity index (χ0) is 43.3. The van der Waals surface area contributed by atoms with E-state index in [2.05, 4.69) is 16.0 Å². The van der Waals surface area contributed by atoms with Gasteiger partial charge in [-0.25, -0.2) is 0 Å². The molecular formula is C36H69N7O14S. The number of nitrogens with two attached hydrogens (primary N) is 4. The summed E-state index contributed by atoms with van der Waals surface area (Å²) in [5.74, 6) is -0.362. The third-order valence-electron chi connectivity index (χ3n) is 11.2. The van der Waals surface area contributed by atoms with Crippen LogP contribution >= 0.6 is 11.8 Å². The van der Waals surface area contributed by atoms with Crippen LogP contribution in [0.2, 0.25) is 0 Å². The molecule has 19 N–H and O–H groups in total. The van der Waals surface area contributed by atoms with Crippen molar-refractivity contribution in [2.75, 3.05) is 44.4 Å². The fraction of sp³-hybridized carbons (Fsp3) is 0.917. The van der Waals surface area contributed by atoms with Gasteiger partial charge in [0.2, 0.25) is 17.7 Å². The van der Waals surface area contributed by atoms with Crippen LogP contribution in [0.1, 0.15) is 58.8 Å². The first-order valence-electron chi connectivity index (χ1n) is 20.0. The Morgan fingerprint density at radius 3 is 2.07 bits per heavy atom. The number of thioether (sulfide) groups is 1. The van der Waals surface area contributed by atoms with Gasteiger partial charge in [-0.2, -0.15) is 11.8 Å². The molecule has 3 amide bonds. The molecule has 22 heteroatoms. The Morgan fingerprint density at radius 2 is 1.41 bits per heavy atom. The van der Waals surface area contributed by atoms with Crippen LogP contribution in [-0.2, 0) is 28.6 Å². The van der Waals surface area contributed by atoms with Gasteiger partial charge < -0.3 is 93.9 Å². The number of hydrogen-bond donors (Lipinski definition) is 15. The van der Waals surface area contributed by atoms with Gasteiger partial charge in [0.25, 0.3) is 0 Å². The van der Waals surface area contributed by atoms with Crippen molar-refractivity contribution in [3.05, 3.63) is 0 Å². The lowest BCUT2D eigenvalue weighted by molar-refractivity contribution is -0.293. The van der Waals surface area contributed by atoms with Crippen LogP contribution in [-0.4, -0.2) is 194 Å². The molecule has 0 bridgehead atoms. The highest BCUT2D eigenvalue weighted by Gasteiger charge is 2.51. The SMILES string of the molecule is CC(C)(CO)[C@@H](O)C(=O)NCCC(=O)NCCSCCCCCC(=O)NC[C@H]1O[C@H](OC2[C@@H](N)C[C@@H](N)[C@H](OC3C[C@H](CO)[C@@H](O)[C@H](N)[C@H]3O)[C@H]2O)[C@H](N)[C@@H](O)[C@@H]1O. The summed E-state index contributed by atoms with van der Waals surface area (Å²) < 4.78 is 17.9. The summed E-state index contributed by atoms with van der Waals surface area (Å²) in [6.07, 6.45) is -11.5. The Bertz CT molecular complexity index is 1280. The molecule has 1 heterocycles. The van der Waals surface area contributed by atoms with E-state index in [1.165, 1.54) is 0 Å². The minimum atomic E-state index is -1.52. The van der Waals surface area contributed by atoms with Gasteiger partial charge in [0.15, 0.2) is 6.29 Å². The van der Waals surface area contributed by atoms with Crippen LogP contribution in [0.5, 0.6) is 0 Å². The predicted molar refractivity (Wildman–Crippen MR) is 210 cm³/mol. The van der Waals surface area contributed by atoms with Crippen molar-refractivity contribution in [1.29, 1.82) is 0 Å². The number of ether oxygens (including phenoxy) is 3. The second-order valence-corrected chi connectivity index (χ2v) is 17.5. The van der Waals surface area contributed by atoms with Gasteiger partial charge in [0.1, 0.15) is 42.7 Å². The molecule has 2 aliphatic carbocycles. The van der Waals surface area contributed by atoms with Crippen LogP contribution < -0.4 is 38.9 Å². The Morgan fingerprint density at radius 1 is 0.759 bits per heavy atom. The van der Waals surface area contributed by atoms with Gasteiger partial charge in [-0.15, -0.1) is 0 Å². The molecule has 338 valence electrons. The fourth-order valence-corrected chi connectivity index (χ4v) is 8.02. The van der Waals surface area contributed by atoms with Crippen molar-refractivity contribution >= 4 is 29.5 Å². The third-order valence-corrected chi connectivity index (χ3v) is 12.2. The van der Waals surface area contributed by atoms with Crippen LogP contribution in [0, 0.1) is 11.3 Å². The molecule has 3 fully saturated rings. The summed E-state index contributed by atoms with van der Waals surface area (Å²) in [5, 5.41) is 90.6. The van der Waals surface area contributed by atoms with Crippen LogP contribution in [0.25, 0.3) is 0 Å². The molecule has 1 saturated heterocycles. The number of carbonyl (C=O) groups excluding carboxylic acids is 3. The lowest BCUT2D eigenvalue weighted by atomic mass is 9.79. The smallest absolute Gasteiger partial charge is 0.249 e. The highest BCUT2D eigenvalue weighted by molar-refractivity contribution is 7.99. The molecule has 0 aromatic carbocycles.